The number of hydrogen-bond donors (Lipinski definition) is 10. The minimum absolute atomic E-state index is 0.675. The minimum Gasteiger partial charge on any atom is -0.394 e. The zero-order valence-corrected chi connectivity index (χ0v) is 18.7. The molecule has 0 aromatic carbocycles. The van der Waals surface area contributed by atoms with Gasteiger partial charge in [-0.1, -0.05) is 0 Å². The van der Waals surface area contributed by atoms with Crippen LogP contribution < -0.4 is 0 Å². The number of ether oxygens (including phenoxy) is 6. The third-order valence-corrected chi connectivity index (χ3v) is 6.30. The highest BCUT2D eigenvalue weighted by Crippen LogP contribution is 2.32. The molecule has 0 bridgehead atoms. The van der Waals surface area contributed by atoms with Crippen molar-refractivity contribution in [2.24, 2.45) is 0 Å². The van der Waals surface area contributed by atoms with E-state index < -0.39 is 112 Å². The first-order chi connectivity index (χ1) is 16.6. The second-order valence-corrected chi connectivity index (χ2v) is 8.55. The van der Waals surface area contributed by atoms with Crippen LogP contribution in [0.5, 0.6) is 0 Å². The summed E-state index contributed by atoms with van der Waals surface area (Å²) >= 11 is 0. The molecule has 3 rings (SSSR count). The standard InChI is InChI=1S/C19H34O16/c1-30-17-13(28)10(25)15(6(3-21)32-17)35-19-14(29)11(26)16(7(4-22)33-19)34-18-12(27)9(24)8(23)5(2-20)31-18/h5-29H,2-4H2,1H3/t5?,6?,7?,8-,9?,10?,11?,12-,13-,14-,15-,16-,17+,18+,19-/m0/s1. The fourth-order valence-electron chi connectivity index (χ4n) is 4.24. The van der Waals surface area contributed by atoms with Crippen molar-refractivity contribution in [2.45, 2.75) is 92.1 Å². The van der Waals surface area contributed by atoms with Crippen molar-refractivity contribution < 1.29 is 79.5 Å². The predicted octanol–water partition coefficient (Wildman–Crippen LogP) is -6.92. The van der Waals surface area contributed by atoms with Crippen LogP contribution in [-0.4, -0.2) is 170 Å². The van der Waals surface area contributed by atoms with Gasteiger partial charge in [0.15, 0.2) is 18.9 Å². The van der Waals surface area contributed by atoms with E-state index in [1.165, 1.54) is 7.11 Å². The fourth-order valence-corrected chi connectivity index (χ4v) is 4.24. The molecule has 3 saturated heterocycles. The molecule has 16 nitrogen and oxygen atoms in total. The molecule has 3 fully saturated rings. The van der Waals surface area contributed by atoms with E-state index in [0.29, 0.717) is 0 Å². The SMILES string of the molecule is CO[C@@H]1OC(CO)[C@H](O[C@@H]2OC(CO)[C@H](O[C@H]3OC(CO)[C@H](O)C(O)[C@@H]3O)C(O)[C@@H]2O)C(O)[C@@H]1O. The normalized spacial score (nSPS) is 51.3. The van der Waals surface area contributed by atoms with Crippen LogP contribution in [0.15, 0.2) is 0 Å². The topological polar surface area (TPSA) is 258 Å². The van der Waals surface area contributed by atoms with Gasteiger partial charge in [-0.2, -0.15) is 0 Å². The molecule has 0 spiro atoms. The van der Waals surface area contributed by atoms with Gasteiger partial charge in [0.25, 0.3) is 0 Å². The highest BCUT2D eigenvalue weighted by Gasteiger charge is 2.53. The lowest BCUT2D eigenvalue weighted by Crippen LogP contribution is -2.66. The molecule has 0 amide bonds. The molecule has 10 N–H and O–H groups in total. The summed E-state index contributed by atoms with van der Waals surface area (Å²) in [5.41, 5.74) is 0. The van der Waals surface area contributed by atoms with E-state index in [1.54, 1.807) is 0 Å². The third kappa shape index (κ3) is 5.78. The molecule has 0 aromatic rings. The second-order valence-electron chi connectivity index (χ2n) is 8.55. The molecule has 3 heterocycles. The molecular weight excluding hydrogens is 484 g/mol. The quantitative estimate of drug-likeness (QED) is 0.143. The Morgan fingerprint density at radius 2 is 0.857 bits per heavy atom. The number of aliphatic hydroxyl groups is 10. The highest BCUT2D eigenvalue weighted by molar-refractivity contribution is 4.96. The van der Waals surface area contributed by atoms with Crippen LogP contribution in [-0.2, 0) is 28.4 Å². The second kappa shape index (κ2) is 12.3. The van der Waals surface area contributed by atoms with Crippen molar-refractivity contribution in [3.63, 3.8) is 0 Å². The summed E-state index contributed by atoms with van der Waals surface area (Å²) in [6.45, 7) is -2.21. The summed E-state index contributed by atoms with van der Waals surface area (Å²) in [6.07, 6.45) is -23.8. The van der Waals surface area contributed by atoms with E-state index in [4.69, 9.17) is 28.4 Å². The van der Waals surface area contributed by atoms with Gasteiger partial charge in [-0.05, 0) is 0 Å². The average Bonchev–Trinajstić information content (AvgIpc) is 2.86. The van der Waals surface area contributed by atoms with Gasteiger partial charge in [0.05, 0.1) is 19.8 Å². The van der Waals surface area contributed by atoms with Crippen molar-refractivity contribution in [1.29, 1.82) is 0 Å². The monoisotopic (exact) mass is 518 g/mol. The zero-order valence-electron chi connectivity index (χ0n) is 18.7. The van der Waals surface area contributed by atoms with Crippen molar-refractivity contribution in [1.82, 2.24) is 0 Å². The van der Waals surface area contributed by atoms with E-state index >= 15 is 0 Å². The first kappa shape index (κ1) is 28.9. The maximum Gasteiger partial charge on any atom is 0.187 e. The molecule has 3 aliphatic rings. The maximum absolute atomic E-state index is 10.7. The van der Waals surface area contributed by atoms with Crippen LogP contribution >= 0.6 is 0 Å². The van der Waals surface area contributed by atoms with Gasteiger partial charge in [0.2, 0.25) is 0 Å². The van der Waals surface area contributed by atoms with Crippen molar-refractivity contribution >= 4 is 0 Å². The molecule has 6 unspecified atom stereocenters. The maximum atomic E-state index is 10.7. The Labute approximate surface area is 199 Å². The Hall–Kier alpha value is -0.640. The molecule has 206 valence electrons. The first-order valence-corrected chi connectivity index (χ1v) is 11.0. The van der Waals surface area contributed by atoms with Crippen molar-refractivity contribution in [3.8, 4) is 0 Å². The fraction of sp³-hybridized carbons (Fsp3) is 1.00. The third-order valence-electron chi connectivity index (χ3n) is 6.30. The largest absolute Gasteiger partial charge is 0.394 e. The van der Waals surface area contributed by atoms with Crippen molar-refractivity contribution in [3.05, 3.63) is 0 Å². The lowest BCUT2D eigenvalue weighted by atomic mass is 9.96. The molecular formula is C19H34O16. The first-order valence-electron chi connectivity index (χ1n) is 11.0. The van der Waals surface area contributed by atoms with Gasteiger partial charge < -0.3 is 79.5 Å². The van der Waals surface area contributed by atoms with Gasteiger partial charge in [-0.15, -0.1) is 0 Å². The van der Waals surface area contributed by atoms with Crippen LogP contribution in [0.1, 0.15) is 0 Å². The Morgan fingerprint density at radius 3 is 1.29 bits per heavy atom. The van der Waals surface area contributed by atoms with Crippen LogP contribution in [0, 0.1) is 0 Å². The van der Waals surface area contributed by atoms with Gasteiger partial charge in [0.1, 0.15) is 73.2 Å². The molecule has 16 heteroatoms. The molecule has 3 aliphatic heterocycles. The predicted molar refractivity (Wildman–Crippen MR) is 106 cm³/mol. The summed E-state index contributed by atoms with van der Waals surface area (Å²) in [7, 11) is 1.21. The van der Waals surface area contributed by atoms with E-state index in [9.17, 15) is 51.1 Å². The summed E-state index contributed by atoms with van der Waals surface area (Å²) in [5, 5.41) is 100. The van der Waals surface area contributed by atoms with Gasteiger partial charge in [-0.3, -0.25) is 0 Å². The van der Waals surface area contributed by atoms with Gasteiger partial charge in [0, 0.05) is 7.11 Å². The molecule has 35 heavy (non-hydrogen) atoms. The highest BCUT2D eigenvalue weighted by atomic mass is 16.8. The molecule has 0 aliphatic carbocycles. The summed E-state index contributed by atoms with van der Waals surface area (Å²) in [4.78, 5) is 0. The van der Waals surface area contributed by atoms with E-state index in [-0.39, 0.29) is 0 Å². The summed E-state index contributed by atoms with van der Waals surface area (Å²) in [5.74, 6) is 0. The summed E-state index contributed by atoms with van der Waals surface area (Å²) in [6, 6.07) is 0. The molecule has 15 atom stereocenters. The van der Waals surface area contributed by atoms with Crippen LogP contribution in [0.4, 0.5) is 0 Å². The number of rotatable bonds is 8. The van der Waals surface area contributed by atoms with Gasteiger partial charge >= 0.3 is 0 Å². The smallest absolute Gasteiger partial charge is 0.187 e. The Balaban J connectivity index is 1.72. The average molecular weight is 518 g/mol. The molecule has 0 aromatic heterocycles. The Kier molecular flexibility index (Phi) is 10.1. The lowest BCUT2D eigenvalue weighted by Gasteiger charge is -2.48. The van der Waals surface area contributed by atoms with Gasteiger partial charge in [-0.25, -0.2) is 0 Å². The van der Waals surface area contributed by atoms with Crippen LogP contribution in [0.3, 0.4) is 0 Å². The minimum atomic E-state index is -1.88. The van der Waals surface area contributed by atoms with E-state index in [1.807, 2.05) is 0 Å². The van der Waals surface area contributed by atoms with Crippen LogP contribution in [0.2, 0.25) is 0 Å². The van der Waals surface area contributed by atoms with E-state index in [2.05, 4.69) is 0 Å². The number of methoxy groups -OCH3 is 1. The summed E-state index contributed by atoms with van der Waals surface area (Å²) < 4.78 is 31.9. The lowest BCUT2D eigenvalue weighted by molar-refractivity contribution is -0.378. The Morgan fingerprint density at radius 1 is 0.486 bits per heavy atom. The van der Waals surface area contributed by atoms with Crippen LogP contribution in [0.25, 0.3) is 0 Å². The Bertz CT molecular complexity index is 650. The van der Waals surface area contributed by atoms with Crippen molar-refractivity contribution in [2.75, 3.05) is 26.9 Å². The zero-order chi connectivity index (χ0) is 26.0. The number of aliphatic hydroxyl groups excluding tert-OH is 10. The van der Waals surface area contributed by atoms with E-state index in [0.717, 1.165) is 0 Å². The number of hydrogen-bond acceptors (Lipinski definition) is 16. The molecule has 0 saturated carbocycles. The molecule has 0 radical (unpaired) electrons.